The number of allylic oxidation sites excluding steroid dienone is 1. The van der Waals surface area contributed by atoms with Gasteiger partial charge in [0.2, 0.25) is 0 Å². The molecule has 55 valence electrons. The van der Waals surface area contributed by atoms with E-state index in [2.05, 4.69) is 24.9 Å². The zero-order valence-corrected chi connectivity index (χ0v) is 9.05. The van der Waals surface area contributed by atoms with Crippen LogP contribution in [0.4, 0.5) is 0 Å². The third-order valence-electron chi connectivity index (χ3n) is 1.57. The van der Waals surface area contributed by atoms with Gasteiger partial charge in [0.25, 0.3) is 0 Å². The fourth-order valence-electron chi connectivity index (χ4n) is 1.08. The molecule has 0 aromatic heterocycles. The van der Waals surface area contributed by atoms with Crippen LogP contribution in [0.15, 0.2) is 12.2 Å². The third-order valence-corrected chi connectivity index (χ3v) is 1.57. The van der Waals surface area contributed by atoms with E-state index < -0.39 is 0 Å². The fourth-order valence-corrected chi connectivity index (χ4v) is 1.08. The topological polar surface area (TPSA) is 12.0 Å². The van der Waals surface area contributed by atoms with Gasteiger partial charge in [-0.2, -0.15) is 0 Å². The molecule has 2 heteroatoms. The molecule has 1 saturated heterocycles. The van der Waals surface area contributed by atoms with Crippen molar-refractivity contribution in [3.63, 3.8) is 0 Å². The van der Waals surface area contributed by atoms with Crippen molar-refractivity contribution in [2.75, 3.05) is 6.54 Å². The summed E-state index contributed by atoms with van der Waals surface area (Å²) in [7, 11) is 0. The Morgan fingerprint density at radius 3 is 2.90 bits per heavy atom. The largest absolute Gasteiger partial charge is 0.471 e. The maximum Gasteiger partial charge on any atom is 0 e. The van der Waals surface area contributed by atoms with Crippen molar-refractivity contribution >= 4 is 0 Å². The number of hydrogen-bond donors (Lipinski definition) is 1. The summed E-state index contributed by atoms with van der Waals surface area (Å²) in [6, 6.07) is 0. The van der Waals surface area contributed by atoms with E-state index in [9.17, 15) is 0 Å². The number of rotatable bonds is 1. The molecule has 1 atom stereocenters. The van der Waals surface area contributed by atoms with Gasteiger partial charge in [-0.15, -0.1) is 0 Å². The molecule has 1 nitrogen and oxygen atoms in total. The van der Waals surface area contributed by atoms with Crippen LogP contribution in [0.2, 0.25) is 0 Å². The van der Waals surface area contributed by atoms with Gasteiger partial charge in [-0.3, -0.25) is 12.6 Å². The zero-order valence-electron chi connectivity index (χ0n) is 6.22. The van der Waals surface area contributed by atoms with Gasteiger partial charge in [0, 0.05) is 32.7 Å². The van der Waals surface area contributed by atoms with Crippen LogP contribution in [0.5, 0.6) is 0 Å². The van der Waals surface area contributed by atoms with Crippen LogP contribution in [-0.4, -0.2) is 6.54 Å². The van der Waals surface area contributed by atoms with Crippen LogP contribution in [0.25, 0.3) is 0 Å². The molecule has 1 radical (unpaired) electrons. The van der Waals surface area contributed by atoms with Gasteiger partial charge >= 0.3 is 0 Å². The first-order valence-electron chi connectivity index (χ1n) is 3.46. The van der Waals surface area contributed by atoms with Crippen molar-refractivity contribution in [3.05, 3.63) is 25.6 Å². The Morgan fingerprint density at radius 2 is 2.40 bits per heavy atom. The molecule has 1 rings (SSSR count). The molecule has 10 heavy (non-hydrogen) atoms. The Labute approximate surface area is 88.5 Å². The van der Waals surface area contributed by atoms with E-state index in [1.54, 1.807) is 0 Å². The molecule has 0 aliphatic carbocycles. The fraction of sp³-hybridized carbons (Fsp3) is 0.500. The van der Waals surface area contributed by atoms with Gasteiger partial charge in [-0.25, -0.2) is 18.9 Å². The summed E-state index contributed by atoms with van der Waals surface area (Å²) in [5.41, 5.74) is 0. The Balaban J connectivity index is 0.000000810. The molecule has 0 aromatic carbocycles. The summed E-state index contributed by atoms with van der Waals surface area (Å²) in [5, 5.41) is 3.22. The van der Waals surface area contributed by atoms with Crippen molar-refractivity contribution < 1.29 is 32.7 Å². The minimum Gasteiger partial charge on any atom is -0.471 e. The summed E-state index contributed by atoms with van der Waals surface area (Å²) in [6.07, 6.45) is 6.56. The predicted molar refractivity (Wildman–Crippen MR) is 39.5 cm³/mol. The molecule has 0 bridgehead atoms. The van der Waals surface area contributed by atoms with Gasteiger partial charge in [0.05, 0.1) is 0 Å². The Bertz CT molecular complexity index is 95.4. The average molecular weight is 212 g/mol. The average Bonchev–Trinajstić information content (AvgIpc) is 1.91. The maximum atomic E-state index is 3.65. The Hall–Kier alpha value is 0.674. The Morgan fingerprint density at radius 1 is 1.60 bits per heavy atom. The van der Waals surface area contributed by atoms with Crippen molar-refractivity contribution in [1.29, 1.82) is 0 Å². The molecule has 1 aliphatic heterocycles. The van der Waals surface area contributed by atoms with E-state index in [-0.39, 0.29) is 32.7 Å². The summed E-state index contributed by atoms with van der Waals surface area (Å²) >= 11 is 0. The van der Waals surface area contributed by atoms with E-state index in [0.29, 0.717) is 5.92 Å². The van der Waals surface area contributed by atoms with E-state index in [4.69, 9.17) is 0 Å². The first kappa shape index (κ1) is 10.7. The molecule has 1 fully saturated rings. The molecule has 0 amide bonds. The normalized spacial score (nSPS) is 26.2. The number of hydrogen-bond acceptors (Lipinski definition) is 1. The predicted octanol–water partition coefficient (Wildman–Crippen LogP) is 1.54. The number of nitrogens with one attached hydrogen (secondary N) is 1. The van der Waals surface area contributed by atoms with Gasteiger partial charge < -0.3 is 5.32 Å². The van der Waals surface area contributed by atoms with Crippen LogP contribution >= 0.6 is 0 Å². The van der Waals surface area contributed by atoms with Crippen molar-refractivity contribution in [2.45, 2.75) is 12.8 Å². The molecular weight excluding hydrogens is 199 g/mol. The molecule has 0 spiro atoms. The van der Waals surface area contributed by atoms with Crippen molar-refractivity contribution in [1.82, 2.24) is 5.32 Å². The van der Waals surface area contributed by atoms with Crippen molar-refractivity contribution in [3.8, 4) is 0 Å². The molecule has 1 N–H and O–H groups in total. The van der Waals surface area contributed by atoms with Crippen LogP contribution in [-0.2, 0) is 32.7 Å². The summed E-state index contributed by atoms with van der Waals surface area (Å²) in [6.45, 7) is 6.94. The molecule has 0 aromatic rings. The standard InChI is InChI=1S/C8H13N.Y/c1-2-4-8-5-3-6-9-7-8;/h2,4,7-9H,1,3,5-6H2;/q-2;/b4-2-;. The first-order chi connectivity index (χ1) is 4.43. The minimum absolute atomic E-state index is 0. The third kappa shape index (κ3) is 3.75. The van der Waals surface area contributed by atoms with Crippen LogP contribution in [0.1, 0.15) is 12.8 Å². The molecule has 1 unspecified atom stereocenters. The molecular formula is C8H13NY-2. The van der Waals surface area contributed by atoms with Crippen LogP contribution < -0.4 is 5.32 Å². The van der Waals surface area contributed by atoms with Crippen LogP contribution in [0.3, 0.4) is 0 Å². The molecule has 1 heterocycles. The summed E-state index contributed by atoms with van der Waals surface area (Å²) in [4.78, 5) is 0. The molecule has 0 saturated carbocycles. The van der Waals surface area contributed by atoms with E-state index >= 15 is 0 Å². The zero-order chi connectivity index (χ0) is 6.53. The number of piperidine rings is 1. The summed E-state index contributed by atoms with van der Waals surface area (Å²) < 4.78 is 0. The first-order valence-corrected chi connectivity index (χ1v) is 3.46. The maximum absolute atomic E-state index is 3.65. The SMILES string of the molecule is [CH2-]/C=C\C1[CH-]NCCC1.[Y]. The minimum atomic E-state index is 0. The second-order valence-electron chi connectivity index (χ2n) is 2.36. The van der Waals surface area contributed by atoms with Crippen molar-refractivity contribution in [2.24, 2.45) is 5.92 Å². The van der Waals surface area contributed by atoms with Gasteiger partial charge in [0.1, 0.15) is 0 Å². The quantitative estimate of drug-likeness (QED) is 0.650. The second kappa shape index (κ2) is 6.39. The second-order valence-corrected chi connectivity index (χ2v) is 2.36. The van der Waals surface area contributed by atoms with Gasteiger partial charge in [-0.05, 0) is 13.0 Å². The smallest absolute Gasteiger partial charge is 0 e. The van der Waals surface area contributed by atoms with Gasteiger partial charge in [0.15, 0.2) is 0 Å². The van der Waals surface area contributed by atoms with Gasteiger partial charge in [-0.1, -0.05) is 6.42 Å². The summed E-state index contributed by atoms with van der Waals surface area (Å²) in [5.74, 6) is 0.622. The van der Waals surface area contributed by atoms with E-state index in [1.807, 2.05) is 6.08 Å². The van der Waals surface area contributed by atoms with E-state index in [1.165, 1.54) is 12.8 Å². The van der Waals surface area contributed by atoms with Crippen LogP contribution in [0, 0.1) is 19.4 Å². The molecule has 1 aliphatic rings. The monoisotopic (exact) mass is 212 g/mol. The Kier molecular flexibility index (Phi) is 6.82. The van der Waals surface area contributed by atoms with E-state index in [0.717, 1.165) is 6.54 Å².